The van der Waals surface area contributed by atoms with E-state index in [2.05, 4.69) is 21.7 Å². The number of para-hydroxylation sites is 1. The predicted octanol–water partition coefficient (Wildman–Crippen LogP) is 3.05. The zero-order chi connectivity index (χ0) is 16.2. The Morgan fingerprint density at radius 1 is 1.17 bits per heavy atom. The molecule has 0 aliphatic carbocycles. The molecule has 5 heteroatoms. The van der Waals surface area contributed by atoms with Crippen molar-refractivity contribution in [3.8, 4) is 0 Å². The Kier molecular flexibility index (Phi) is 4.79. The minimum absolute atomic E-state index is 0.578. The normalized spacial score (nSPS) is 11.6. The van der Waals surface area contributed by atoms with E-state index in [-0.39, 0.29) is 0 Å². The highest BCUT2D eigenvalue weighted by Crippen LogP contribution is 2.31. The standard InChI is InChI=1S/C18H24N4O/c1-2-23-12-13-11-15-17(22(13)10-6-5-9-19)14-7-3-4-8-16(14)21-18(15)20/h3-4,7-8,11H,2,5-6,9-10,12,19H2,1H3,(H2,20,21). The second-order valence-electron chi connectivity index (χ2n) is 5.70. The number of ether oxygens (including phenoxy) is 1. The second-order valence-corrected chi connectivity index (χ2v) is 5.70. The van der Waals surface area contributed by atoms with Gasteiger partial charge in [0.05, 0.1) is 17.6 Å². The van der Waals surface area contributed by atoms with Crippen molar-refractivity contribution < 1.29 is 4.74 Å². The third-order valence-electron chi connectivity index (χ3n) is 4.15. The molecule has 0 aliphatic heterocycles. The topological polar surface area (TPSA) is 79.1 Å². The van der Waals surface area contributed by atoms with E-state index in [0.717, 1.165) is 46.9 Å². The average Bonchev–Trinajstić information content (AvgIpc) is 2.93. The number of pyridine rings is 1. The van der Waals surface area contributed by atoms with E-state index < -0.39 is 0 Å². The van der Waals surface area contributed by atoms with E-state index in [1.54, 1.807) is 0 Å². The van der Waals surface area contributed by atoms with Crippen molar-refractivity contribution in [1.29, 1.82) is 0 Å². The summed E-state index contributed by atoms with van der Waals surface area (Å²) in [7, 11) is 0. The summed E-state index contributed by atoms with van der Waals surface area (Å²) in [6, 6.07) is 10.3. The molecule has 3 rings (SSSR count). The highest BCUT2D eigenvalue weighted by Gasteiger charge is 2.15. The summed E-state index contributed by atoms with van der Waals surface area (Å²) >= 11 is 0. The third-order valence-corrected chi connectivity index (χ3v) is 4.15. The van der Waals surface area contributed by atoms with E-state index in [0.29, 0.717) is 25.6 Å². The molecule has 0 saturated carbocycles. The molecule has 2 heterocycles. The maximum Gasteiger partial charge on any atom is 0.133 e. The number of hydrogen-bond acceptors (Lipinski definition) is 4. The van der Waals surface area contributed by atoms with Crippen molar-refractivity contribution >= 4 is 27.6 Å². The molecule has 1 aromatic carbocycles. The summed E-state index contributed by atoms with van der Waals surface area (Å²) in [4.78, 5) is 4.54. The summed E-state index contributed by atoms with van der Waals surface area (Å²) in [5.74, 6) is 0.578. The average molecular weight is 312 g/mol. The van der Waals surface area contributed by atoms with Crippen molar-refractivity contribution in [2.75, 3.05) is 18.9 Å². The van der Waals surface area contributed by atoms with Crippen LogP contribution in [-0.4, -0.2) is 22.7 Å². The fourth-order valence-corrected chi connectivity index (χ4v) is 3.04. The van der Waals surface area contributed by atoms with Gasteiger partial charge in [0.25, 0.3) is 0 Å². The van der Waals surface area contributed by atoms with Gasteiger partial charge in [-0.1, -0.05) is 18.2 Å². The molecule has 0 aliphatic rings. The largest absolute Gasteiger partial charge is 0.383 e. The zero-order valence-corrected chi connectivity index (χ0v) is 13.6. The SMILES string of the molecule is CCOCc1cc2c(N)nc3ccccc3c2n1CCCCN. The Hall–Kier alpha value is -2.11. The molecule has 0 amide bonds. The highest BCUT2D eigenvalue weighted by molar-refractivity contribution is 6.08. The smallest absolute Gasteiger partial charge is 0.133 e. The van der Waals surface area contributed by atoms with Gasteiger partial charge in [-0.15, -0.1) is 0 Å². The number of benzene rings is 1. The Balaban J connectivity index is 2.19. The van der Waals surface area contributed by atoms with E-state index in [9.17, 15) is 0 Å². The van der Waals surface area contributed by atoms with E-state index in [1.807, 2.05) is 25.1 Å². The maximum atomic E-state index is 6.20. The lowest BCUT2D eigenvalue weighted by Gasteiger charge is -2.12. The lowest BCUT2D eigenvalue weighted by atomic mass is 10.1. The van der Waals surface area contributed by atoms with Gasteiger partial charge >= 0.3 is 0 Å². The first-order valence-electron chi connectivity index (χ1n) is 8.20. The van der Waals surface area contributed by atoms with Gasteiger partial charge in [-0.3, -0.25) is 0 Å². The fraction of sp³-hybridized carbons (Fsp3) is 0.389. The van der Waals surface area contributed by atoms with Crippen LogP contribution in [0.15, 0.2) is 30.3 Å². The molecule has 0 atom stereocenters. The van der Waals surface area contributed by atoms with Crippen LogP contribution in [0.2, 0.25) is 0 Å². The van der Waals surface area contributed by atoms with Crippen LogP contribution < -0.4 is 11.5 Å². The number of aromatic nitrogens is 2. The Morgan fingerprint density at radius 2 is 2.00 bits per heavy atom. The summed E-state index contributed by atoms with van der Waals surface area (Å²) in [5, 5.41) is 2.14. The number of nitrogen functional groups attached to an aromatic ring is 1. The summed E-state index contributed by atoms with van der Waals surface area (Å²) in [6.45, 7) is 4.91. The quantitative estimate of drug-likeness (QED) is 0.657. The first-order valence-corrected chi connectivity index (χ1v) is 8.20. The number of hydrogen-bond donors (Lipinski definition) is 2. The van der Waals surface area contributed by atoms with Crippen LogP contribution in [0.4, 0.5) is 5.82 Å². The number of nitrogens with two attached hydrogens (primary N) is 2. The lowest BCUT2D eigenvalue weighted by Crippen LogP contribution is -2.07. The minimum atomic E-state index is 0.578. The first kappa shape index (κ1) is 15.8. The molecule has 23 heavy (non-hydrogen) atoms. The van der Waals surface area contributed by atoms with Crippen LogP contribution in [0, 0.1) is 0 Å². The molecule has 3 aromatic rings. The van der Waals surface area contributed by atoms with Crippen molar-refractivity contribution in [2.45, 2.75) is 32.9 Å². The van der Waals surface area contributed by atoms with E-state index in [1.165, 1.54) is 0 Å². The number of unbranched alkanes of at least 4 members (excludes halogenated alkanes) is 1. The molecule has 0 radical (unpaired) electrons. The van der Waals surface area contributed by atoms with E-state index >= 15 is 0 Å². The molecule has 0 unspecified atom stereocenters. The van der Waals surface area contributed by atoms with Crippen molar-refractivity contribution in [3.63, 3.8) is 0 Å². The molecule has 2 aromatic heterocycles. The summed E-state index contributed by atoms with van der Waals surface area (Å²) in [6.07, 6.45) is 2.04. The van der Waals surface area contributed by atoms with Crippen LogP contribution in [-0.2, 0) is 17.9 Å². The molecule has 0 bridgehead atoms. The van der Waals surface area contributed by atoms with Crippen LogP contribution in [0.1, 0.15) is 25.5 Å². The summed E-state index contributed by atoms with van der Waals surface area (Å²) in [5.41, 5.74) is 15.1. The van der Waals surface area contributed by atoms with Crippen LogP contribution in [0.5, 0.6) is 0 Å². The van der Waals surface area contributed by atoms with Crippen LogP contribution >= 0.6 is 0 Å². The van der Waals surface area contributed by atoms with E-state index in [4.69, 9.17) is 16.2 Å². The van der Waals surface area contributed by atoms with Crippen molar-refractivity contribution in [1.82, 2.24) is 9.55 Å². The van der Waals surface area contributed by atoms with Crippen molar-refractivity contribution in [3.05, 3.63) is 36.0 Å². The van der Waals surface area contributed by atoms with Gasteiger partial charge in [-0.2, -0.15) is 0 Å². The van der Waals surface area contributed by atoms with Gasteiger partial charge in [-0.05, 0) is 38.4 Å². The van der Waals surface area contributed by atoms with Crippen LogP contribution in [0.25, 0.3) is 21.8 Å². The van der Waals surface area contributed by atoms with Gasteiger partial charge < -0.3 is 20.8 Å². The fourth-order valence-electron chi connectivity index (χ4n) is 3.04. The Morgan fingerprint density at radius 3 is 2.78 bits per heavy atom. The Bertz CT molecular complexity index is 809. The molecule has 4 N–H and O–H groups in total. The molecule has 5 nitrogen and oxygen atoms in total. The van der Waals surface area contributed by atoms with Gasteiger partial charge in [-0.25, -0.2) is 4.98 Å². The number of anilines is 1. The van der Waals surface area contributed by atoms with Gasteiger partial charge in [0.1, 0.15) is 5.82 Å². The molecule has 0 fully saturated rings. The first-order chi connectivity index (χ1) is 11.3. The Labute approximate surface area is 136 Å². The number of rotatable bonds is 7. The predicted molar refractivity (Wildman–Crippen MR) is 95.3 cm³/mol. The molecule has 122 valence electrons. The van der Waals surface area contributed by atoms with Gasteiger partial charge in [0.2, 0.25) is 0 Å². The highest BCUT2D eigenvalue weighted by atomic mass is 16.5. The molecular formula is C18H24N4O. The monoisotopic (exact) mass is 312 g/mol. The van der Waals surface area contributed by atoms with Crippen molar-refractivity contribution in [2.24, 2.45) is 5.73 Å². The number of aryl methyl sites for hydroxylation is 1. The molecular weight excluding hydrogens is 288 g/mol. The minimum Gasteiger partial charge on any atom is -0.383 e. The van der Waals surface area contributed by atoms with Crippen LogP contribution in [0.3, 0.4) is 0 Å². The molecule has 0 saturated heterocycles. The molecule has 0 spiro atoms. The maximum absolute atomic E-state index is 6.20. The zero-order valence-electron chi connectivity index (χ0n) is 13.6. The van der Waals surface area contributed by atoms with Gasteiger partial charge in [0, 0.05) is 29.6 Å². The van der Waals surface area contributed by atoms with Gasteiger partial charge in [0.15, 0.2) is 0 Å². The second kappa shape index (κ2) is 6.98. The summed E-state index contributed by atoms with van der Waals surface area (Å²) < 4.78 is 7.96. The number of nitrogens with zero attached hydrogens (tertiary/aromatic N) is 2. The third kappa shape index (κ3) is 3.02. The lowest BCUT2D eigenvalue weighted by molar-refractivity contribution is 0.129. The number of fused-ring (bicyclic) bond motifs is 3.